The summed E-state index contributed by atoms with van der Waals surface area (Å²) >= 11 is 0. The zero-order chi connectivity index (χ0) is 13.2. The molecule has 1 unspecified atom stereocenters. The highest BCUT2D eigenvalue weighted by molar-refractivity contribution is 7.91. The van der Waals surface area contributed by atoms with E-state index in [0.29, 0.717) is 4.90 Å². The predicted octanol–water partition coefficient (Wildman–Crippen LogP) is 2.22. The van der Waals surface area contributed by atoms with Crippen LogP contribution in [0.3, 0.4) is 0 Å². The number of nitrogens with one attached hydrogen (secondary N) is 1. The lowest BCUT2D eigenvalue weighted by Gasteiger charge is -2.23. The fourth-order valence-electron chi connectivity index (χ4n) is 2.57. The summed E-state index contributed by atoms with van der Waals surface area (Å²) in [6.07, 6.45) is 3.24. The summed E-state index contributed by atoms with van der Waals surface area (Å²) in [5.74, 6) is 0.219. The molecule has 1 fully saturated rings. The van der Waals surface area contributed by atoms with Gasteiger partial charge in [-0.25, -0.2) is 8.42 Å². The summed E-state index contributed by atoms with van der Waals surface area (Å²) < 4.78 is 24.8. The lowest BCUT2D eigenvalue weighted by atomic mass is 10.1. The molecule has 100 valence electrons. The maximum Gasteiger partial charge on any atom is 0.180 e. The molecule has 0 aromatic heterocycles. The average Bonchev–Trinajstić information content (AvgIpc) is 2.29. The number of benzene rings is 1. The van der Waals surface area contributed by atoms with Gasteiger partial charge in [0.05, 0.1) is 10.6 Å². The van der Waals surface area contributed by atoms with Crippen LogP contribution in [0.4, 0.5) is 0 Å². The Labute approximate surface area is 110 Å². The van der Waals surface area contributed by atoms with E-state index in [1.54, 1.807) is 6.07 Å². The first-order valence-electron chi connectivity index (χ1n) is 6.52. The highest BCUT2D eigenvalue weighted by atomic mass is 32.2. The minimum absolute atomic E-state index is 0.115. The van der Waals surface area contributed by atoms with Crippen molar-refractivity contribution in [2.24, 2.45) is 0 Å². The van der Waals surface area contributed by atoms with Crippen molar-refractivity contribution in [1.82, 2.24) is 5.32 Å². The van der Waals surface area contributed by atoms with Crippen molar-refractivity contribution in [3.63, 3.8) is 0 Å². The largest absolute Gasteiger partial charge is 0.313 e. The molecule has 1 aromatic rings. The highest BCUT2D eigenvalue weighted by Crippen LogP contribution is 2.20. The van der Waals surface area contributed by atoms with Crippen molar-refractivity contribution in [2.45, 2.75) is 44.0 Å². The molecular weight excluding hydrogens is 246 g/mol. The van der Waals surface area contributed by atoms with Gasteiger partial charge in [-0.1, -0.05) is 24.1 Å². The number of rotatable bonds is 3. The summed E-state index contributed by atoms with van der Waals surface area (Å²) in [6.45, 7) is 4.79. The lowest BCUT2D eigenvalue weighted by molar-refractivity contribution is 0.423. The number of aryl methyl sites for hydroxylation is 2. The summed E-state index contributed by atoms with van der Waals surface area (Å²) in [5, 5.41) is 3.30. The summed E-state index contributed by atoms with van der Waals surface area (Å²) in [4.78, 5) is 0.487. The topological polar surface area (TPSA) is 46.2 Å². The molecule has 1 aliphatic heterocycles. The van der Waals surface area contributed by atoms with Crippen LogP contribution in [0.25, 0.3) is 0 Å². The standard InChI is InChI=1S/C14H21NO2S/c1-11-6-7-14(12(2)9-11)18(16,17)10-13-5-3-4-8-15-13/h6-7,9,13,15H,3-5,8,10H2,1-2H3. The Morgan fingerprint density at radius 2 is 2.06 bits per heavy atom. The molecule has 1 saturated heterocycles. The number of piperidine rings is 1. The van der Waals surface area contributed by atoms with Gasteiger partial charge in [0, 0.05) is 6.04 Å². The van der Waals surface area contributed by atoms with Crippen molar-refractivity contribution in [3.8, 4) is 0 Å². The van der Waals surface area contributed by atoms with Crippen LogP contribution in [0.15, 0.2) is 23.1 Å². The maximum atomic E-state index is 12.4. The molecule has 18 heavy (non-hydrogen) atoms. The molecule has 1 atom stereocenters. The van der Waals surface area contributed by atoms with Gasteiger partial charge in [-0.3, -0.25) is 0 Å². The van der Waals surface area contributed by atoms with E-state index in [9.17, 15) is 8.42 Å². The first-order valence-corrected chi connectivity index (χ1v) is 8.18. The molecule has 1 N–H and O–H groups in total. The summed E-state index contributed by atoms with van der Waals surface area (Å²) in [5.41, 5.74) is 1.95. The molecule has 1 aromatic carbocycles. The van der Waals surface area contributed by atoms with E-state index in [1.807, 2.05) is 26.0 Å². The highest BCUT2D eigenvalue weighted by Gasteiger charge is 2.23. The van der Waals surface area contributed by atoms with E-state index in [0.717, 1.165) is 36.9 Å². The molecule has 0 saturated carbocycles. The average molecular weight is 267 g/mol. The maximum absolute atomic E-state index is 12.4. The monoisotopic (exact) mass is 267 g/mol. The molecule has 2 rings (SSSR count). The van der Waals surface area contributed by atoms with E-state index in [4.69, 9.17) is 0 Å². The Bertz CT molecular complexity index is 517. The molecule has 0 radical (unpaired) electrons. The molecule has 3 nitrogen and oxygen atoms in total. The van der Waals surface area contributed by atoms with Crippen LogP contribution < -0.4 is 5.32 Å². The first-order chi connectivity index (χ1) is 8.49. The zero-order valence-corrected chi connectivity index (χ0v) is 11.9. The Morgan fingerprint density at radius 1 is 1.28 bits per heavy atom. The second kappa shape index (κ2) is 5.41. The van der Waals surface area contributed by atoms with Crippen LogP contribution in [-0.4, -0.2) is 26.8 Å². The van der Waals surface area contributed by atoms with Gasteiger partial charge in [0.1, 0.15) is 0 Å². The van der Waals surface area contributed by atoms with Crippen molar-refractivity contribution in [3.05, 3.63) is 29.3 Å². The van der Waals surface area contributed by atoms with Crippen LogP contribution in [0.1, 0.15) is 30.4 Å². The second-order valence-corrected chi connectivity index (χ2v) is 7.20. The molecule has 1 heterocycles. The third-order valence-electron chi connectivity index (χ3n) is 3.50. The van der Waals surface area contributed by atoms with E-state index in [2.05, 4.69) is 5.32 Å². The Hall–Kier alpha value is -0.870. The van der Waals surface area contributed by atoms with E-state index in [1.165, 1.54) is 0 Å². The van der Waals surface area contributed by atoms with Gasteiger partial charge in [0.2, 0.25) is 0 Å². The molecule has 0 bridgehead atoms. The van der Waals surface area contributed by atoms with Gasteiger partial charge in [-0.2, -0.15) is 0 Å². The van der Waals surface area contributed by atoms with Crippen LogP contribution in [-0.2, 0) is 9.84 Å². The summed E-state index contributed by atoms with van der Waals surface area (Å²) in [7, 11) is -3.17. The normalized spacial score (nSPS) is 20.9. The number of sulfone groups is 1. The van der Waals surface area contributed by atoms with E-state index >= 15 is 0 Å². The quantitative estimate of drug-likeness (QED) is 0.913. The third-order valence-corrected chi connectivity index (χ3v) is 5.47. The fourth-order valence-corrected chi connectivity index (χ4v) is 4.39. The van der Waals surface area contributed by atoms with Crippen molar-refractivity contribution < 1.29 is 8.42 Å². The van der Waals surface area contributed by atoms with Crippen LogP contribution >= 0.6 is 0 Å². The Kier molecular flexibility index (Phi) is 4.07. The molecule has 4 heteroatoms. The minimum Gasteiger partial charge on any atom is -0.313 e. The van der Waals surface area contributed by atoms with Gasteiger partial charge in [-0.15, -0.1) is 0 Å². The summed E-state index contributed by atoms with van der Waals surface area (Å²) in [6, 6.07) is 5.66. The molecule has 0 aliphatic carbocycles. The van der Waals surface area contributed by atoms with Gasteiger partial charge >= 0.3 is 0 Å². The van der Waals surface area contributed by atoms with Gasteiger partial charge < -0.3 is 5.32 Å². The van der Waals surface area contributed by atoms with Gasteiger partial charge in [0.25, 0.3) is 0 Å². The minimum atomic E-state index is -3.17. The van der Waals surface area contributed by atoms with Crippen molar-refractivity contribution in [1.29, 1.82) is 0 Å². The molecule has 1 aliphatic rings. The molecular formula is C14H21NO2S. The number of hydrogen-bond donors (Lipinski definition) is 1. The Morgan fingerprint density at radius 3 is 2.67 bits per heavy atom. The molecule has 0 spiro atoms. The van der Waals surface area contributed by atoms with Crippen molar-refractivity contribution in [2.75, 3.05) is 12.3 Å². The zero-order valence-electron chi connectivity index (χ0n) is 11.1. The van der Waals surface area contributed by atoms with Crippen LogP contribution in [0.5, 0.6) is 0 Å². The molecule has 0 amide bonds. The van der Waals surface area contributed by atoms with E-state index in [-0.39, 0.29) is 11.8 Å². The van der Waals surface area contributed by atoms with Crippen LogP contribution in [0.2, 0.25) is 0 Å². The van der Waals surface area contributed by atoms with Crippen LogP contribution in [0, 0.1) is 13.8 Å². The second-order valence-electron chi connectivity index (χ2n) is 5.20. The fraction of sp³-hybridized carbons (Fsp3) is 0.571. The Balaban J connectivity index is 2.19. The van der Waals surface area contributed by atoms with E-state index < -0.39 is 9.84 Å². The lowest BCUT2D eigenvalue weighted by Crippen LogP contribution is -2.39. The smallest absolute Gasteiger partial charge is 0.180 e. The van der Waals surface area contributed by atoms with Gasteiger partial charge in [0.15, 0.2) is 9.84 Å². The SMILES string of the molecule is Cc1ccc(S(=O)(=O)CC2CCCCN2)c(C)c1. The predicted molar refractivity (Wildman–Crippen MR) is 73.6 cm³/mol. The van der Waals surface area contributed by atoms with Gasteiger partial charge in [-0.05, 0) is 44.9 Å². The number of hydrogen-bond acceptors (Lipinski definition) is 3. The third kappa shape index (κ3) is 3.12. The van der Waals surface area contributed by atoms with Crippen molar-refractivity contribution >= 4 is 9.84 Å². The first kappa shape index (κ1) is 13.6.